The molecular formula is C17H17ClF2N2O3S. The van der Waals surface area contributed by atoms with Crippen molar-refractivity contribution in [2.75, 3.05) is 15.9 Å². The van der Waals surface area contributed by atoms with Crippen LogP contribution in [0.1, 0.15) is 12.5 Å². The summed E-state index contributed by atoms with van der Waals surface area (Å²) in [4.78, 5) is 12.6. The Morgan fingerprint density at radius 2 is 1.81 bits per heavy atom. The van der Waals surface area contributed by atoms with Crippen LogP contribution in [0.25, 0.3) is 0 Å². The molecule has 0 aromatic heterocycles. The van der Waals surface area contributed by atoms with Gasteiger partial charge in [0.15, 0.2) is 11.6 Å². The molecule has 0 heterocycles. The highest BCUT2D eigenvalue weighted by Gasteiger charge is 2.30. The number of anilines is 2. The van der Waals surface area contributed by atoms with Crippen molar-refractivity contribution >= 4 is 38.9 Å². The molecule has 26 heavy (non-hydrogen) atoms. The van der Waals surface area contributed by atoms with E-state index >= 15 is 0 Å². The van der Waals surface area contributed by atoms with Crippen LogP contribution >= 0.6 is 11.6 Å². The van der Waals surface area contributed by atoms with Crippen molar-refractivity contribution in [2.45, 2.75) is 19.9 Å². The SMILES string of the molecule is Cc1ccc(Cl)cc1NC(=O)C(C)N(c1ccc(F)c(F)c1)S(C)(=O)=O. The molecule has 1 unspecified atom stereocenters. The van der Waals surface area contributed by atoms with Gasteiger partial charge in [0.05, 0.1) is 11.9 Å². The number of hydrogen-bond donors (Lipinski definition) is 1. The molecule has 140 valence electrons. The van der Waals surface area contributed by atoms with Gasteiger partial charge in [-0.25, -0.2) is 17.2 Å². The first-order valence-electron chi connectivity index (χ1n) is 7.52. The van der Waals surface area contributed by atoms with Crippen LogP contribution in [-0.4, -0.2) is 26.6 Å². The summed E-state index contributed by atoms with van der Waals surface area (Å²) < 4.78 is 51.7. The van der Waals surface area contributed by atoms with Crippen LogP contribution in [0.3, 0.4) is 0 Å². The fourth-order valence-electron chi connectivity index (χ4n) is 2.40. The summed E-state index contributed by atoms with van der Waals surface area (Å²) in [5.74, 6) is -2.98. The lowest BCUT2D eigenvalue weighted by atomic mass is 10.2. The van der Waals surface area contributed by atoms with Gasteiger partial charge < -0.3 is 5.32 Å². The molecule has 2 aromatic rings. The second kappa shape index (κ2) is 7.59. The summed E-state index contributed by atoms with van der Waals surface area (Å²) in [7, 11) is -3.95. The summed E-state index contributed by atoms with van der Waals surface area (Å²) in [5, 5.41) is 3.00. The zero-order valence-electron chi connectivity index (χ0n) is 14.3. The molecular weight excluding hydrogens is 386 g/mol. The minimum absolute atomic E-state index is 0.156. The van der Waals surface area contributed by atoms with Gasteiger partial charge in [0.1, 0.15) is 6.04 Å². The lowest BCUT2D eigenvalue weighted by Crippen LogP contribution is -2.45. The van der Waals surface area contributed by atoms with Crippen molar-refractivity contribution in [1.82, 2.24) is 0 Å². The molecule has 0 bridgehead atoms. The average molecular weight is 403 g/mol. The Balaban J connectivity index is 2.37. The number of nitrogens with zero attached hydrogens (tertiary/aromatic N) is 1. The zero-order valence-corrected chi connectivity index (χ0v) is 15.8. The molecule has 5 nitrogen and oxygen atoms in total. The van der Waals surface area contributed by atoms with Gasteiger partial charge >= 0.3 is 0 Å². The zero-order chi connectivity index (χ0) is 19.6. The number of sulfonamides is 1. The predicted molar refractivity (Wildman–Crippen MR) is 98.0 cm³/mol. The number of aryl methyl sites for hydroxylation is 1. The molecule has 0 aliphatic rings. The van der Waals surface area contributed by atoms with E-state index in [1.165, 1.54) is 13.0 Å². The van der Waals surface area contributed by atoms with Crippen molar-refractivity contribution in [2.24, 2.45) is 0 Å². The summed E-state index contributed by atoms with van der Waals surface area (Å²) >= 11 is 5.91. The second-order valence-corrected chi connectivity index (χ2v) is 8.08. The van der Waals surface area contributed by atoms with E-state index in [0.29, 0.717) is 10.7 Å². The van der Waals surface area contributed by atoms with Crippen molar-refractivity contribution < 1.29 is 22.0 Å². The van der Waals surface area contributed by atoms with E-state index in [0.717, 1.165) is 34.3 Å². The summed E-state index contributed by atoms with van der Waals surface area (Å²) in [5.41, 5.74) is 0.999. The van der Waals surface area contributed by atoms with E-state index in [1.54, 1.807) is 19.1 Å². The van der Waals surface area contributed by atoms with E-state index in [-0.39, 0.29) is 5.69 Å². The number of rotatable bonds is 5. The van der Waals surface area contributed by atoms with Gasteiger partial charge in [0, 0.05) is 16.8 Å². The fourth-order valence-corrected chi connectivity index (χ4v) is 3.74. The van der Waals surface area contributed by atoms with Gasteiger partial charge in [-0.3, -0.25) is 9.10 Å². The maximum absolute atomic E-state index is 13.5. The highest BCUT2D eigenvalue weighted by molar-refractivity contribution is 7.92. The van der Waals surface area contributed by atoms with Crippen LogP contribution in [-0.2, 0) is 14.8 Å². The quantitative estimate of drug-likeness (QED) is 0.828. The smallest absolute Gasteiger partial charge is 0.248 e. The maximum Gasteiger partial charge on any atom is 0.248 e. The molecule has 0 aliphatic carbocycles. The molecule has 0 fully saturated rings. The standard InChI is InChI=1S/C17H17ClF2N2O3S/c1-10-4-5-12(18)8-16(10)21-17(23)11(2)22(26(3,24)25)13-6-7-14(19)15(20)9-13/h4-9,11H,1-3H3,(H,21,23). The van der Waals surface area contributed by atoms with Gasteiger partial charge in [-0.15, -0.1) is 0 Å². The number of nitrogens with one attached hydrogen (secondary N) is 1. The monoisotopic (exact) mass is 402 g/mol. The van der Waals surface area contributed by atoms with Crippen LogP contribution in [0.15, 0.2) is 36.4 Å². The molecule has 0 spiro atoms. The van der Waals surface area contributed by atoms with Gasteiger partial charge in [0.2, 0.25) is 15.9 Å². The summed E-state index contributed by atoms with van der Waals surface area (Å²) in [6.07, 6.45) is 0.878. The molecule has 2 aromatic carbocycles. The third-order valence-corrected chi connectivity index (χ3v) is 5.18. The largest absolute Gasteiger partial charge is 0.324 e. The highest BCUT2D eigenvalue weighted by Crippen LogP contribution is 2.25. The van der Waals surface area contributed by atoms with Gasteiger partial charge in [-0.05, 0) is 43.7 Å². The van der Waals surface area contributed by atoms with Gasteiger partial charge in [-0.2, -0.15) is 0 Å². The van der Waals surface area contributed by atoms with Crippen LogP contribution < -0.4 is 9.62 Å². The number of carbonyl (C=O) groups excluding carboxylic acids is 1. The summed E-state index contributed by atoms with van der Waals surface area (Å²) in [6.45, 7) is 3.10. The van der Waals surface area contributed by atoms with Crippen molar-refractivity contribution in [3.63, 3.8) is 0 Å². The average Bonchev–Trinajstić information content (AvgIpc) is 2.53. The number of amides is 1. The molecule has 9 heteroatoms. The molecule has 2 rings (SSSR count). The van der Waals surface area contributed by atoms with Crippen LogP contribution in [0.4, 0.5) is 20.2 Å². The van der Waals surface area contributed by atoms with Crippen LogP contribution in [0.2, 0.25) is 5.02 Å². The van der Waals surface area contributed by atoms with Crippen molar-refractivity contribution in [1.29, 1.82) is 0 Å². The fraction of sp³-hybridized carbons (Fsp3) is 0.235. The first-order valence-corrected chi connectivity index (χ1v) is 9.75. The van der Waals surface area contributed by atoms with Crippen LogP contribution in [0, 0.1) is 18.6 Å². The molecule has 1 amide bonds. The first kappa shape index (κ1) is 20.1. The maximum atomic E-state index is 13.5. The minimum Gasteiger partial charge on any atom is -0.324 e. The van der Waals surface area contributed by atoms with Crippen molar-refractivity contribution in [3.05, 3.63) is 58.6 Å². The normalized spacial score (nSPS) is 12.5. The Morgan fingerprint density at radius 3 is 2.38 bits per heavy atom. The van der Waals surface area contributed by atoms with E-state index in [1.807, 2.05) is 0 Å². The predicted octanol–water partition coefficient (Wildman–Crippen LogP) is 3.72. The Bertz CT molecular complexity index is 951. The Labute approximate surface area is 155 Å². The molecule has 1 atom stereocenters. The number of hydrogen-bond acceptors (Lipinski definition) is 3. The van der Waals surface area contributed by atoms with E-state index in [4.69, 9.17) is 11.6 Å². The Hall–Kier alpha value is -2.19. The number of halogens is 3. The lowest BCUT2D eigenvalue weighted by molar-refractivity contribution is -0.116. The Morgan fingerprint density at radius 1 is 1.15 bits per heavy atom. The number of benzene rings is 2. The molecule has 0 saturated heterocycles. The molecule has 1 N–H and O–H groups in total. The third kappa shape index (κ3) is 4.50. The van der Waals surface area contributed by atoms with Gasteiger partial charge in [0.25, 0.3) is 0 Å². The first-order chi connectivity index (χ1) is 12.0. The van der Waals surface area contributed by atoms with E-state index in [9.17, 15) is 22.0 Å². The topological polar surface area (TPSA) is 66.5 Å². The lowest BCUT2D eigenvalue weighted by Gasteiger charge is -2.28. The van der Waals surface area contributed by atoms with E-state index in [2.05, 4.69) is 5.32 Å². The third-order valence-electron chi connectivity index (χ3n) is 3.70. The highest BCUT2D eigenvalue weighted by atomic mass is 35.5. The molecule has 0 saturated carbocycles. The molecule has 0 radical (unpaired) electrons. The Kier molecular flexibility index (Phi) is 5.87. The van der Waals surface area contributed by atoms with Crippen molar-refractivity contribution in [3.8, 4) is 0 Å². The van der Waals surface area contributed by atoms with Crippen LogP contribution in [0.5, 0.6) is 0 Å². The van der Waals surface area contributed by atoms with Gasteiger partial charge in [-0.1, -0.05) is 17.7 Å². The second-order valence-electron chi connectivity index (χ2n) is 5.78. The molecule has 0 aliphatic heterocycles. The number of carbonyl (C=O) groups is 1. The van der Waals surface area contributed by atoms with E-state index < -0.39 is 33.6 Å². The minimum atomic E-state index is -3.95. The summed E-state index contributed by atoms with van der Waals surface area (Å²) in [6, 6.07) is 6.29.